The maximum absolute atomic E-state index is 11.2. The lowest BCUT2D eigenvalue weighted by molar-refractivity contribution is -0.127. The van der Waals surface area contributed by atoms with Gasteiger partial charge in [-0.15, -0.1) is 0 Å². The van der Waals surface area contributed by atoms with E-state index in [9.17, 15) is 4.79 Å². The van der Waals surface area contributed by atoms with Gasteiger partial charge in [-0.2, -0.15) is 0 Å². The fourth-order valence-electron chi connectivity index (χ4n) is 2.94. The summed E-state index contributed by atoms with van der Waals surface area (Å²) in [6.07, 6.45) is 8.18. The van der Waals surface area contributed by atoms with E-state index in [1.54, 1.807) is 6.92 Å². The third kappa shape index (κ3) is 3.21. The maximum atomic E-state index is 11.2. The SMILES string of the molecule is CC(=O)N1CCC(NCC2CCCCC2)C1. The molecule has 1 atom stereocenters. The summed E-state index contributed by atoms with van der Waals surface area (Å²) < 4.78 is 0. The van der Waals surface area contributed by atoms with Crippen molar-refractivity contribution in [3.05, 3.63) is 0 Å². The fraction of sp³-hybridized carbons (Fsp3) is 0.923. The van der Waals surface area contributed by atoms with Crippen molar-refractivity contribution in [3.63, 3.8) is 0 Å². The molecule has 3 nitrogen and oxygen atoms in total. The van der Waals surface area contributed by atoms with Crippen LogP contribution < -0.4 is 5.32 Å². The standard InChI is InChI=1S/C13H24N2O/c1-11(16)15-8-7-13(10-15)14-9-12-5-3-2-4-6-12/h12-14H,2-10H2,1H3. The number of nitrogens with zero attached hydrogens (tertiary/aromatic N) is 1. The average molecular weight is 224 g/mol. The van der Waals surface area contributed by atoms with Crippen LogP contribution in [0.1, 0.15) is 45.4 Å². The van der Waals surface area contributed by atoms with Gasteiger partial charge in [-0.05, 0) is 31.7 Å². The molecule has 1 aliphatic carbocycles. The zero-order chi connectivity index (χ0) is 11.4. The number of nitrogens with one attached hydrogen (secondary N) is 1. The number of likely N-dealkylation sites (tertiary alicyclic amines) is 1. The van der Waals surface area contributed by atoms with Gasteiger partial charge in [0.2, 0.25) is 5.91 Å². The number of carbonyl (C=O) groups excluding carboxylic acids is 1. The Bertz CT molecular complexity index is 236. The molecule has 1 N–H and O–H groups in total. The Labute approximate surface area is 98.6 Å². The highest BCUT2D eigenvalue weighted by Gasteiger charge is 2.24. The second kappa shape index (κ2) is 5.67. The summed E-state index contributed by atoms with van der Waals surface area (Å²) in [5.41, 5.74) is 0. The summed E-state index contributed by atoms with van der Waals surface area (Å²) in [7, 11) is 0. The molecule has 0 aromatic heterocycles. The third-order valence-electron chi connectivity index (χ3n) is 4.05. The van der Waals surface area contributed by atoms with Gasteiger partial charge in [0.05, 0.1) is 0 Å². The van der Waals surface area contributed by atoms with Gasteiger partial charge >= 0.3 is 0 Å². The molecule has 1 heterocycles. The van der Waals surface area contributed by atoms with E-state index in [0.29, 0.717) is 6.04 Å². The van der Waals surface area contributed by atoms with Crippen molar-refractivity contribution in [2.45, 2.75) is 51.5 Å². The molecule has 1 aliphatic heterocycles. The number of hydrogen-bond acceptors (Lipinski definition) is 2. The minimum Gasteiger partial charge on any atom is -0.341 e. The van der Waals surface area contributed by atoms with Crippen LogP contribution in [0.4, 0.5) is 0 Å². The first-order chi connectivity index (χ1) is 7.75. The maximum Gasteiger partial charge on any atom is 0.219 e. The Morgan fingerprint density at radius 2 is 2.00 bits per heavy atom. The van der Waals surface area contributed by atoms with Crippen LogP contribution in [0.5, 0.6) is 0 Å². The smallest absolute Gasteiger partial charge is 0.219 e. The van der Waals surface area contributed by atoms with Crippen LogP contribution in [0.15, 0.2) is 0 Å². The van der Waals surface area contributed by atoms with E-state index >= 15 is 0 Å². The molecular formula is C13H24N2O. The van der Waals surface area contributed by atoms with E-state index in [-0.39, 0.29) is 5.91 Å². The lowest BCUT2D eigenvalue weighted by Gasteiger charge is -2.24. The van der Waals surface area contributed by atoms with Crippen LogP contribution in [-0.4, -0.2) is 36.5 Å². The monoisotopic (exact) mass is 224 g/mol. The van der Waals surface area contributed by atoms with E-state index < -0.39 is 0 Å². The van der Waals surface area contributed by atoms with E-state index in [2.05, 4.69) is 5.32 Å². The topological polar surface area (TPSA) is 32.3 Å². The number of hydrogen-bond donors (Lipinski definition) is 1. The number of carbonyl (C=O) groups is 1. The summed E-state index contributed by atoms with van der Waals surface area (Å²) >= 11 is 0. The van der Waals surface area contributed by atoms with Crippen molar-refractivity contribution in [3.8, 4) is 0 Å². The summed E-state index contributed by atoms with van der Waals surface area (Å²) in [6, 6.07) is 0.547. The molecule has 0 radical (unpaired) electrons. The van der Waals surface area contributed by atoms with Crippen molar-refractivity contribution in [1.29, 1.82) is 0 Å². The largest absolute Gasteiger partial charge is 0.341 e. The molecule has 0 spiro atoms. The third-order valence-corrected chi connectivity index (χ3v) is 4.05. The Hall–Kier alpha value is -0.570. The van der Waals surface area contributed by atoms with Crippen molar-refractivity contribution in [1.82, 2.24) is 10.2 Å². The van der Waals surface area contributed by atoms with E-state index in [4.69, 9.17) is 0 Å². The van der Waals surface area contributed by atoms with E-state index in [1.807, 2.05) is 4.90 Å². The minimum absolute atomic E-state index is 0.224. The first-order valence-electron chi connectivity index (χ1n) is 6.74. The highest BCUT2D eigenvalue weighted by Crippen LogP contribution is 2.23. The molecule has 0 aromatic carbocycles. The fourth-order valence-corrected chi connectivity index (χ4v) is 2.94. The molecule has 16 heavy (non-hydrogen) atoms. The molecule has 1 saturated carbocycles. The van der Waals surface area contributed by atoms with Gasteiger partial charge in [0.1, 0.15) is 0 Å². The van der Waals surface area contributed by atoms with Crippen LogP contribution in [0.3, 0.4) is 0 Å². The lowest BCUT2D eigenvalue weighted by Crippen LogP contribution is -2.37. The van der Waals surface area contributed by atoms with Crippen LogP contribution in [-0.2, 0) is 4.79 Å². The van der Waals surface area contributed by atoms with Gasteiger partial charge in [0, 0.05) is 26.1 Å². The van der Waals surface area contributed by atoms with E-state index in [0.717, 1.165) is 32.0 Å². The first kappa shape index (κ1) is 11.9. The summed E-state index contributed by atoms with van der Waals surface area (Å²) in [4.78, 5) is 13.2. The van der Waals surface area contributed by atoms with Crippen molar-refractivity contribution in [2.75, 3.05) is 19.6 Å². The summed E-state index contributed by atoms with van der Waals surface area (Å²) in [5.74, 6) is 1.11. The Morgan fingerprint density at radius 1 is 1.25 bits per heavy atom. The molecule has 3 heteroatoms. The Morgan fingerprint density at radius 3 is 2.62 bits per heavy atom. The number of amides is 1. The molecule has 1 saturated heterocycles. The van der Waals surface area contributed by atoms with Gasteiger partial charge in [0.15, 0.2) is 0 Å². The molecule has 0 bridgehead atoms. The van der Waals surface area contributed by atoms with Crippen molar-refractivity contribution >= 4 is 5.91 Å². The average Bonchev–Trinajstić information content (AvgIpc) is 2.76. The normalized spacial score (nSPS) is 27.3. The molecule has 2 fully saturated rings. The molecular weight excluding hydrogens is 200 g/mol. The van der Waals surface area contributed by atoms with Crippen LogP contribution in [0.25, 0.3) is 0 Å². The Balaban J connectivity index is 1.65. The summed E-state index contributed by atoms with van der Waals surface area (Å²) in [6.45, 7) is 4.69. The molecule has 1 unspecified atom stereocenters. The predicted octanol–water partition coefficient (Wildman–Crippen LogP) is 1.78. The van der Waals surface area contributed by atoms with Crippen molar-refractivity contribution in [2.24, 2.45) is 5.92 Å². The zero-order valence-corrected chi connectivity index (χ0v) is 10.4. The highest BCUT2D eigenvalue weighted by atomic mass is 16.2. The van der Waals surface area contributed by atoms with Crippen molar-refractivity contribution < 1.29 is 4.79 Å². The second-order valence-corrected chi connectivity index (χ2v) is 5.36. The first-order valence-corrected chi connectivity index (χ1v) is 6.74. The molecule has 2 rings (SSSR count). The molecule has 1 amide bonds. The van der Waals surface area contributed by atoms with Gasteiger partial charge in [-0.1, -0.05) is 19.3 Å². The van der Waals surface area contributed by atoms with Gasteiger partial charge in [-0.3, -0.25) is 4.79 Å². The van der Waals surface area contributed by atoms with Gasteiger partial charge in [-0.25, -0.2) is 0 Å². The summed E-state index contributed by atoms with van der Waals surface area (Å²) in [5, 5.41) is 3.64. The minimum atomic E-state index is 0.224. The highest BCUT2D eigenvalue weighted by molar-refractivity contribution is 5.73. The number of rotatable bonds is 3. The molecule has 2 aliphatic rings. The van der Waals surface area contributed by atoms with E-state index in [1.165, 1.54) is 32.1 Å². The zero-order valence-electron chi connectivity index (χ0n) is 10.4. The van der Waals surface area contributed by atoms with Crippen LogP contribution in [0, 0.1) is 5.92 Å². The quantitative estimate of drug-likeness (QED) is 0.792. The van der Waals surface area contributed by atoms with Gasteiger partial charge in [0.25, 0.3) is 0 Å². The predicted molar refractivity (Wildman–Crippen MR) is 65.2 cm³/mol. The van der Waals surface area contributed by atoms with Crippen LogP contribution >= 0.6 is 0 Å². The Kier molecular flexibility index (Phi) is 4.22. The second-order valence-electron chi connectivity index (χ2n) is 5.36. The van der Waals surface area contributed by atoms with Crippen LogP contribution in [0.2, 0.25) is 0 Å². The molecule has 92 valence electrons. The lowest BCUT2D eigenvalue weighted by atomic mass is 9.89. The molecule has 0 aromatic rings. The van der Waals surface area contributed by atoms with Gasteiger partial charge < -0.3 is 10.2 Å².